The molecule has 1 aromatic heterocycles. The third-order valence-electron chi connectivity index (χ3n) is 6.90. The molecule has 0 saturated heterocycles. The van der Waals surface area contributed by atoms with Crippen LogP contribution in [0.3, 0.4) is 0 Å². The molecule has 0 bridgehead atoms. The molecule has 2 heterocycles. The number of nitrogens with one attached hydrogen (secondary N) is 1. The summed E-state index contributed by atoms with van der Waals surface area (Å²) >= 11 is 0. The minimum atomic E-state index is -0.166. The number of rotatable bonds is 5. The standard InChI is InChI=1S/C29H30N4O2/c1-19-15-20(2)24-13-14-33(29(25(24)16-19)21-7-5-4-6-8-21)28(35)12-11-27(34)31-23-10-9-22-18-30-32(3)26(22)17-23/h4-10,15-18,29H,11-14H2,1-3H3,(H,31,34). The molecular weight excluding hydrogens is 436 g/mol. The Labute approximate surface area is 205 Å². The van der Waals surface area contributed by atoms with E-state index in [-0.39, 0.29) is 30.7 Å². The fraction of sp³-hybridized carbons (Fsp3) is 0.276. The molecule has 1 atom stereocenters. The van der Waals surface area contributed by atoms with Gasteiger partial charge < -0.3 is 10.2 Å². The van der Waals surface area contributed by atoms with Gasteiger partial charge in [-0.3, -0.25) is 14.3 Å². The van der Waals surface area contributed by atoms with E-state index in [2.05, 4.69) is 48.5 Å². The summed E-state index contributed by atoms with van der Waals surface area (Å²) in [5, 5.41) is 8.19. The van der Waals surface area contributed by atoms with Crippen LogP contribution in [0.15, 0.2) is 66.9 Å². The molecule has 178 valence electrons. The lowest BCUT2D eigenvalue weighted by molar-refractivity contribution is -0.134. The molecule has 3 aromatic carbocycles. The van der Waals surface area contributed by atoms with Crippen molar-refractivity contribution in [2.75, 3.05) is 11.9 Å². The Bertz CT molecular complexity index is 1410. The lowest BCUT2D eigenvalue weighted by atomic mass is 9.84. The molecule has 2 amide bonds. The van der Waals surface area contributed by atoms with Gasteiger partial charge in [0.2, 0.25) is 11.8 Å². The van der Waals surface area contributed by atoms with Gasteiger partial charge in [0.05, 0.1) is 17.8 Å². The maximum Gasteiger partial charge on any atom is 0.224 e. The van der Waals surface area contributed by atoms with Gasteiger partial charge >= 0.3 is 0 Å². The lowest BCUT2D eigenvalue weighted by Gasteiger charge is -2.39. The lowest BCUT2D eigenvalue weighted by Crippen LogP contribution is -2.41. The van der Waals surface area contributed by atoms with Crippen molar-refractivity contribution in [2.45, 2.75) is 39.2 Å². The molecule has 6 heteroatoms. The van der Waals surface area contributed by atoms with Crippen molar-refractivity contribution in [2.24, 2.45) is 7.05 Å². The van der Waals surface area contributed by atoms with Crippen molar-refractivity contribution >= 4 is 28.4 Å². The molecule has 1 N–H and O–H groups in total. The van der Waals surface area contributed by atoms with E-state index >= 15 is 0 Å². The summed E-state index contributed by atoms with van der Waals surface area (Å²) in [5.41, 5.74) is 7.75. The van der Waals surface area contributed by atoms with Crippen LogP contribution < -0.4 is 5.32 Å². The van der Waals surface area contributed by atoms with Gasteiger partial charge in [0.25, 0.3) is 0 Å². The number of carbonyl (C=O) groups is 2. The van der Waals surface area contributed by atoms with Crippen molar-refractivity contribution in [1.29, 1.82) is 0 Å². The second-order valence-electron chi connectivity index (χ2n) is 9.39. The first kappa shape index (κ1) is 22.8. The highest BCUT2D eigenvalue weighted by atomic mass is 16.2. The molecule has 0 radical (unpaired) electrons. The van der Waals surface area contributed by atoms with Crippen molar-refractivity contribution in [3.05, 3.63) is 94.7 Å². The maximum absolute atomic E-state index is 13.4. The molecule has 0 fully saturated rings. The summed E-state index contributed by atoms with van der Waals surface area (Å²) in [7, 11) is 1.87. The predicted octanol–water partition coefficient (Wildman–Crippen LogP) is 5.08. The predicted molar refractivity (Wildman–Crippen MR) is 138 cm³/mol. The van der Waals surface area contributed by atoms with E-state index in [9.17, 15) is 9.59 Å². The SMILES string of the molecule is Cc1cc(C)c2c(c1)C(c1ccccc1)N(C(=O)CCC(=O)Nc1ccc3cnn(C)c3c1)CC2. The van der Waals surface area contributed by atoms with Crippen molar-refractivity contribution in [1.82, 2.24) is 14.7 Å². The van der Waals surface area contributed by atoms with Crippen LogP contribution in [-0.2, 0) is 23.1 Å². The summed E-state index contributed by atoms with van der Waals surface area (Å²) in [5.74, 6) is -0.166. The number of carbonyl (C=O) groups excluding carboxylic acids is 2. The van der Waals surface area contributed by atoms with Crippen LogP contribution in [0, 0.1) is 13.8 Å². The zero-order valence-corrected chi connectivity index (χ0v) is 20.4. The van der Waals surface area contributed by atoms with Gasteiger partial charge in [0.15, 0.2) is 0 Å². The van der Waals surface area contributed by atoms with E-state index in [1.165, 1.54) is 22.3 Å². The smallest absolute Gasteiger partial charge is 0.224 e. The van der Waals surface area contributed by atoms with Crippen molar-refractivity contribution < 1.29 is 9.59 Å². The number of benzene rings is 3. The molecule has 1 aliphatic rings. The fourth-order valence-corrected chi connectivity index (χ4v) is 5.22. The molecule has 5 rings (SSSR count). The average Bonchev–Trinajstić information content (AvgIpc) is 3.22. The topological polar surface area (TPSA) is 67.2 Å². The molecular formula is C29H30N4O2. The summed E-state index contributed by atoms with van der Waals surface area (Å²) < 4.78 is 1.77. The van der Waals surface area contributed by atoms with Crippen LogP contribution in [0.5, 0.6) is 0 Å². The number of nitrogens with zero attached hydrogens (tertiary/aromatic N) is 3. The summed E-state index contributed by atoms with van der Waals surface area (Å²) in [6.07, 6.45) is 2.93. The Morgan fingerprint density at radius 2 is 1.83 bits per heavy atom. The Morgan fingerprint density at radius 3 is 2.63 bits per heavy atom. The van der Waals surface area contributed by atoms with E-state index in [1.807, 2.05) is 48.3 Å². The molecule has 0 spiro atoms. The van der Waals surface area contributed by atoms with Crippen LogP contribution in [0.1, 0.15) is 46.7 Å². The van der Waals surface area contributed by atoms with E-state index in [0.717, 1.165) is 22.9 Å². The molecule has 6 nitrogen and oxygen atoms in total. The van der Waals surface area contributed by atoms with E-state index in [4.69, 9.17) is 0 Å². The van der Waals surface area contributed by atoms with Gasteiger partial charge in [0.1, 0.15) is 0 Å². The molecule has 35 heavy (non-hydrogen) atoms. The second kappa shape index (κ2) is 9.37. The number of fused-ring (bicyclic) bond motifs is 2. The van der Waals surface area contributed by atoms with Gasteiger partial charge in [0, 0.05) is 37.5 Å². The number of aromatic nitrogens is 2. The van der Waals surface area contributed by atoms with E-state index < -0.39 is 0 Å². The summed E-state index contributed by atoms with van der Waals surface area (Å²) in [6.45, 7) is 4.90. The summed E-state index contributed by atoms with van der Waals surface area (Å²) in [4.78, 5) is 28.1. The van der Waals surface area contributed by atoms with Crippen molar-refractivity contribution in [3.63, 3.8) is 0 Å². The molecule has 1 aliphatic heterocycles. The van der Waals surface area contributed by atoms with Crippen LogP contribution in [0.2, 0.25) is 0 Å². The van der Waals surface area contributed by atoms with Crippen LogP contribution in [0.25, 0.3) is 10.9 Å². The highest BCUT2D eigenvalue weighted by Crippen LogP contribution is 2.37. The Balaban J connectivity index is 1.33. The summed E-state index contributed by atoms with van der Waals surface area (Å²) in [6, 6.07) is 20.2. The van der Waals surface area contributed by atoms with Crippen LogP contribution in [-0.4, -0.2) is 33.0 Å². The molecule has 0 aliphatic carbocycles. The zero-order chi connectivity index (χ0) is 24.5. The quantitative estimate of drug-likeness (QED) is 0.446. The molecule has 0 saturated carbocycles. The third-order valence-corrected chi connectivity index (χ3v) is 6.90. The average molecular weight is 467 g/mol. The second-order valence-corrected chi connectivity index (χ2v) is 9.39. The number of hydrogen-bond donors (Lipinski definition) is 1. The Morgan fingerprint density at radius 1 is 1.03 bits per heavy atom. The monoisotopic (exact) mass is 466 g/mol. The molecule has 4 aromatic rings. The first-order valence-corrected chi connectivity index (χ1v) is 12.1. The number of anilines is 1. The van der Waals surface area contributed by atoms with Gasteiger partial charge in [-0.2, -0.15) is 5.10 Å². The number of amides is 2. The van der Waals surface area contributed by atoms with Gasteiger partial charge in [-0.25, -0.2) is 0 Å². The number of hydrogen-bond acceptors (Lipinski definition) is 3. The minimum absolute atomic E-state index is 0.000832. The maximum atomic E-state index is 13.4. The third kappa shape index (κ3) is 4.56. The van der Waals surface area contributed by atoms with Crippen LogP contribution in [0.4, 0.5) is 5.69 Å². The van der Waals surface area contributed by atoms with Gasteiger partial charge in [-0.15, -0.1) is 0 Å². The van der Waals surface area contributed by atoms with E-state index in [0.29, 0.717) is 12.2 Å². The largest absolute Gasteiger partial charge is 0.331 e. The van der Waals surface area contributed by atoms with Gasteiger partial charge in [-0.05, 0) is 60.7 Å². The fourth-order valence-electron chi connectivity index (χ4n) is 5.22. The Hall–Kier alpha value is -3.93. The first-order chi connectivity index (χ1) is 16.9. The van der Waals surface area contributed by atoms with Gasteiger partial charge in [-0.1, -0.05) is 48.0 Å². The zero-order valence-electron chi connectivity index (χ0n) is 20.4. The normalized spacial score (nSPS) is 15.2. The van der Waals surface area contributed by atoms with Crippen molar-refractivity contribution in [3.8, 4) is 0 Å². The highest BCUT2D eigenvalue weighted by molar-refractivity contribution is 5.95. The number of aryl methyl sites for hydroxylation is 3. The Kier molecular flexibility index (Phi) is 6.12. The molecule has 1 unspecified atom stereocenters. The van der Waals surface area contributed by atoms with Crippen LogP contribution >= 0.6 is 0 Å². The highest BCUT2D eigenvalue weighted by Gasteiger charge is 2.32. The first-order valence-electron chi connectivity index (χ1n) is 12.1. The van der Waals surface area contributed by atoms with E-state index in [1.54, 1.807) is 10.9 Å². The minimum Gasteiger partial charge on any atom is -0.331 e.